The van der Waals surface area contributed by atoms with Gasteiger partial charge in [-0.2, -0.15) is 0 Å². The third-order valence-electron chi connectivity index (χ3n) is 5.39. The topological polar surface area (TPSA) is 45.3 Å². The first-order valence-corrected chi connectivity index (χ1v) is 10.3. The summed E-state index contributed by atoms with van der Waals surface area (Å²) >= 11 is 0. The van der Waals surface area contributed by atoms with Gasteiger partial charge in [-0.25, -0.2) is 0 Å². The lowest BCUT2D eigenvalue weighted by molar-refractivity contribution is -0.120. The molecule has 0 aromatic heterocycles. The largest absolute Gasteiger partial charge is 0.497 e. The first kappa shape index (κ1) is 21.9. The van der Waals surface area contributed by atoms with Crippen LogP contribution in [-0.4, -0.2) is 69.2 Å². The van der Waals surface area contributed by atoms with E-state index < -0.39 is 0 Å². The Balaban J connectivity index is 1.55. The molecule has 2 aromatic carbocycles. The third kappa shape index (κ3) is 5.62. The summed E-state index contributed by atoms with van der Waals surface area (Å²) in [6, 6.07) is 15.7. The number of anilines is 1. The van der Waals surface area contributed by atoms with E-state index >= 15 is 0 Å². The van der Waals surface area contributed by atoms with Crippen LogP contribution in [0.2, 0.25) is 0 Å². The molecule has 1 heterocycles. The number of nitrogens with zero attached hydrogens (tertiary/aromatic N) is 3. The van der Waals surface area contributed by atoms with Gasteiger partial charge in [0.25, 0.3) is 0 Å². The predicted octanol–water partition coefficient (Wildman–Crippen LogP) is 3.04. The molecule has 2 aromatic rings. The van der Waals surface area contributed by atoms with Gasteiger partial charge in [-0.1, -0.05) is 24.3 Å². The Bertz CT molecular complexity index is 833. The minimum absolute atomic E-state index is 0.101. The molecule has 0 aliphatic carbocycles. The number of carbonyl (C=O) groups excluding carboxylic acids is 1. The van der Waals surface area contributed by atoms with Gasteiger partial charge in [0.15, 0.2) is 0 Å². The molecule has 1 aliphatic rings. The first-order valence-electron chi connectivity index (χ1n) is 10.3. The van der Waals surface area contributed by atoms with Crippen LogP contribution in [0.15, 0.2) is 61.2 Å². The van der Waals surface area contributed by atoms with Gasteiger partial charge in [-0.05, 0) is 30.3 Å². The van der Waals surface area contributed by atoms with E-state index in [1.165, 1.54) is 0 Å². The maximum atomic E-state index is 12.9. The van der Waals surface area contributed by atoms with Gasteiger partial charge < -0.3 is 14.4 Å². The standard InChI is InChI=1S/C24H31N3O3/c1-4-12-27(21-8-6-5-7-9-21)24(28)19-26-15-13-25(14-16-26)18-20-17-22(29-2)10-11-23(20)30-3/h4-11,17H,1,12-16,18-19H2,2-3H3. The minimum atomic E-state index is 0.101. The van der Waals surface area contributed by atoms with Crippen molar-refractivity contribution in [3.05, 3.63) is 66.7 Å². The number of methoxy groups -OCH3 is 2. The van der Waals surface area contributed by atoms with Gasteiger partial charge in [0.05, 0.1) is 20.8 Å². The number of carbonyl (C=O) groups is 1. The third-order valence-corrected chi connectivity index (χ3v) is 5.39. The van der Waals surface area contributed by atoms with Gasteiger partial charge in [-0.15, -0.1) is 6.58 Å². The van der Waals surface area contributed by atoms with Crippen molar-refractivity contribution in [2.24, 2.45) is 0 Å². The van der Waals surface area contributed by atoms with E-state index in [1.54, 1.807) is 25.2 Å². The van der Waals surface area contributed by atoms with E-state index in [0.29, 0.717) is 13.1 Å². The van der Waals surface area contributed by atoms with Crippen LogP contribution in [0.5, 0.6) is 11.5 Å². The normalized spacial score (nSPS) is 14.9. The minimum Gasteiger partial charge on any atom is -0.497 e. The first-order chi connectivity index (χ1) is 14.6. The molecule has 0 saturated carbocycles. The van der Waals surface area contributed by atoms with Gasteiger partial charge in [0.1, 0.15) is 11.5 Å². The van der Waals surface area contributed by atoms with Crippen molar-refractivity contribution in [3.63, 3.8) is 0 Å². The van der Waals surface area contributed by atoms with Crippen LogP contribution < -0.4 is 14.4 Å². The summed E-state index contributed by atoms with van der Waals surface area (Å²) in [6.07, 6.45) is 1.77. The Morgan fingerprint density at radius 3 is 2.37 bits per heavy atom. The van der Waals surface area contributed by atoms with Crippen LogP contribution in [0.25, 0.3) is 0 Å². The van der Waals surface area contributed by atoms with Crippen LogP contribution in [-0.2, 0) is 11.3 Å². The fraction of sp³-hybridized carbons (Fsp3) is 0.375. The molecule has 0 N–H and O–H groups in total. The molecular weight excluding hydrogens is 378 g/mol. The van der Waals surface area contributed by atoms with Gasteiger partial charge in [0.2, 0.25) is 5.91 Å². The van der Waals surface area contributed by atoms with Crippen LogP contribution in [0.4, 0.5) is 5.69 Å². The highest BCUT2D eigenvalue weighted by Gasteiger charge is 2.23. The van der Waals surface area contributed by atoms with Crippen LogP contribution in [0.1, 0.15) is 5.56 Å². The van der Waals surface area contributed by atoms with Crippen molar-refractivity contribution >= 4 is 11.6 Å². The predicted molar refractivity (Wildman–Crippen MR) is 120 cm³/mol. The molecule has 1 aliphatic heterocycles. The number of para-hydroxylation sites is 1. The molecule has 160 valence electrons. The van der Waals surface area contributed by atoms with E-state index in [0.717, 1.165) is 55.5 Å². The van der Waals surface area contributed by atoms with E-state index in [2.05, 4.69) is 16.4 Å². The van der Waals surface area contributed by atoms with Crippen LogP contribution >= 0.6 is 0 Å². The molecule has 3 rings (SSSR count). The molecular formula is C24H31N3O3. The highest BCUT2D eigenvalue weighted by Crippen LogP contribution is 2.25. The van der Waals surface area contributed by atoms with Crippen LogP contribution in [0.3, 0.4) is 0 Å². The molecule has 1 fully saturated rings. The van der Waals surface area contributed by atoms with Gasteiger partial charge >= 0.3 is 0 Å². The molecule has 6 heteroatoms. The molecule has 30 heavy (non-hydrogen) atoms. The molecule has 0 bridgehead atoms. The average Bonchev–Trinajstić information content (AvgIpc) is 2.79. The van der Waals surface area contributed by atoms with E-state index in [-0.39, 0.29) is 5.91 Å². The van der Waals surface area contributed by atoms with E-state index in [1.807, 2.05) is 48.5 Å². The zero-order chi connectivity index (χ0) is 21.3. The van der Waals surface area contributed by atoms with Crippen molar-refractivity contribution in [3.8, 4) is 11.5 Å². The van der Waals surface area contributed by atoms with Crippen molar-refractivity contribution in [1.29, 1.82) is 0 Å². The lowest BCUT2D eigenvalue weighted by Crippen LogP contribution is -2.49. The van der Waals surface area contributed by atoms with E-state index in [9.17, 15) is 4.79 Å². The number of piperazine rings is 1. The zero-order valence-corrected chi connectivity index (χ0v) is 17.9. The molecule has 1 saturated heterocycles. The quantitative estimate of drug-likeness (QED) is 0.596. The second-order valence-electron chi connectivity index (χ2n) is 7.36. The Morgan fingerprint density at radius 1 is 1.03 bits per heavy atom. The summed E-state index contributed by atoms with van der Waals surface area (Å²) in [5.74, 6) is 1.80. The summed E-state index contributed by atoms with van der Waals surface area (Å²) in [4.78, 5) is 19.3. The number of rotatable bonds is 9. The Hall–Kier alpha value is -2.83. The monoisotopic (exact) mass is 409 g/mol. The second kappa shape index (κ2) is 10.8. The average molecular weight is 410 g/mol. The number of hydrogen-bond acceptors (Lipinski definition) is 5. The summed E-state index contributed by atoms with van der Waals surface area (Å²) in [6.45, 7) is 9.04. The SMILES string of the molecule is C=CCN(C(=O)CN1CCN(Cc2cc(OC)ccc2OC)CC1)c1ccccc1. The van der Waals surface area contributed by atoms with Crippen molar-refractivity contribution in [2.75, 3.05) is 58.4 Å². The number of hydrogen-bond donors (Lipinski definition) is 0. The molecule has 6 nitrogen and oxygen atoms in total. The summed E-state index contributed by atoms with van der Waals surface area (Å²) in [7, 11) is 3.36. The van der Waals surface area contributed by atoms with Gasteiger partial charge in [0, 0.05) is 50.5 Å². The Labute approximate surface area is 179 Å². The highest BCUT2D eigenvalue weighted by atomic mass is 16.5. The van der Waals surface area contributed by atoms with Gasteiger partial charge in [-0.3, -0.25) is 14.6 Å². The molecule has 0 unspecified atom stereocenters. The molecule has 0 atom stereocenters. The lowest BCUT2D eigenvalue weighted by atomic mass is 10.1. The maximum Gasteiger partial charge on any atom is 0.241 e. The molecule has 0 radical (unpaired) electrons. The van der Waals surface area contributed by atoms with Crippen molar-refractivity contribution in [2.45, 2.75) is 6.54 Å². The number of benzene rings is 2. The fourth-order valence-corrected chi connectivity index (χ4v) is 3.72. The lowest BCUT2D eigenvalue weighted by Gasteiger charge is -2.35. The fourth-order valence-electron chi connectivity index (χ4n) is 3.72. The summed E-state index contributed by atoms with van der Waals surface area (Å²) < 4.78 is 10.9. The second-order valence-corrected chi connectivity index (χ2v) is 7.36. The number of amides is 1. The Kier molecular flexibility index (Phi) is 7.88. The summed E-state index contributed by atoms with van der Waals surface area (Å²) in [5.41, 5.74) is 2.02. The van der Waals surface area contributed by atoms with Crippen molar-refractivity contribution in [1.82, 2.24) is 9.80 Å². The van der Waals surface area contributed by atoms with Crippen molar-refractivity contribution < 1.29 is 14.3 Å². The highest BCUT2D eigenvalue weighted by molar-refractivity contribution is 5.95. The van der Waals surface area contributed by atoms with E-state index in [4.69, 9.17) is 9.47 Å². The smallest absolute Gasteiger partial charge is 0.241 e. The number of ether oxygens (including phenoxy) is 2. The molecule has 1 amide bonds. The molecule has 0 spiro atoms. The Morgan fingerprint density at radius 2 is 1.73 bits per heavy atom. The summed E-state index contributed by atoms with van der Waals surface area (Å²) in [5, 5.41) is 0. The zero-order valence-electron chi connectivity index (χ0n) is 17.9. The van der Waals surface area contributed by atoms with Crippen LogP contribution in [0, 0.1) is 0 Å². The maximum absolute atomic E-state index is 12.9.